The number of aliphatic hydroxyl groups is 1. The maximum absolute atomic E-state index is 12.1. The van der Waals surface area contributed by atoms with Crippen molar-refractivity contribution < 1.29 is 19.4 Å². The Morgan fingerprint density at radius 3 is 2.52 bits per heavy atom. The van der Waals surface area contributed by atoms with E-state index in [0.717, 1.165) is 55.4 Å². The number of pyridine rings is 1. The van der Waals surface area contributed by atoms with Crippen molar-refractivity contribution in [1.29, 1.82) is 0 Å². The van der Waals surface area contributed by atoms with Gasteiger partial charge in [0.15, 0.2) is 0 Å². The average Bonchev–Trinajstić information content (AvgIpc) is 3.71. The first kappa shape index (κ1) is 27.6. The number of aromatic nitrogens is 1. The fourth-order valence-corrected chi connectivity index (χ4v) is 8.03. The van der Waals surface area contributed by atoms with Gasteiger partial charge in [-0.15, -0.1) is 0 Å². The fraction of sp³-hybridized carbons (Fsp3) is 0.500. The Bertz CT molecular complexity index is 1450. The number of hydrogen-bond acceptors (Lipinski definition) is 6. The lowest BCUT2D eigenvalue weighted by atomic mass is 9.72. The minimum absolute atomic E-state index is 0.00773. The Morgan fingerprint density at radius 1 is 1.05 bits per heavy atom. The lowest BCUT2D eigenvalue weighted by molar-refractivity contribution is -0.119. The molecule has 1 N–H and O–H groups in total. The van der Waals surface area contributed by atoms with Crippen LogP contribution in [-0.2, 0) is 17.8 Å². The summed E-state index contributed by atoms with van der Waals surface area (Å²) in [6.45, 7) is 2.70. The number of rotatable bonds is 10. The number of carbonyl (C=O) groups is 1. The summed E-state index contributed by atoms with van der Waals surface area (Å²) in [5.41, 5.74) is 6.45. The highest BCUT2D eigenvalue weighted by Crippen LogP contribution is 2.52. The summed E-state index contributed by atoms with van der Waals surface area (Å²) >= 11 is 0. The van der Waals surface area contributed by atoms with Gasteiger partial charge >= 0.3 is 0 Å². The van der Waals surface area contributed by atoms with E-state index in [1.807, 2.05) is 19.2 Å². The van der Waals surface area contributed by atoms with Crippen LogP contribution in [0, 0.1) is 11.3 Å². The third kappa shape index (κ3) is 5.03. The molecule has 220 valence electrons. The molecule has 4 aliphatic rings. The largest absolute Gasteiger partial charge is 0.485 e. The summed E-state index contributed by atoms with van der Waals surface area (Å²) in [5, 5.41) is 10.1. The predicted molar refractivity (Wildman–Crippen MR) is 163 cm³/mol. The molecule has 3 fully saturated rings. The van der Waals surface area contributed by atoms with Gasteiger partial charge in [0.05, 0.1) is 19.1 Å². The Morgan fingerprint density at radius 2 is 1.83 bits per heavy atom. The molecule has 1 aliphatic carbocycles. The molecule has 1 unspecified atom stereocenters. The van der Waals surface area contributed by atoms with Crippen molar-refractivity contribution in [2.45, 2.75) is 88.9 Å². The van der Waals surface area contributed by atoms with Crippen LogP contribution in [0.1, 0.15) is 86.1 Å². The highest BCUT2D eigenvalue weighted by atomic mass is 16.5. The quantitative estimate of drug-likeness (QED) is 0.277. The number of aliphatic hydroxyl groups excluding tert-OH is 1. The molecule has 3 aromatic rings. The second kappa shape index (κ2) is 11.1. The number of hydrogen-bond donors (Lipinski definition) is 1. The van der Waals surface area contributed by atoms with Crippen LogP contribution in [0.4, 0.5) is 0 Å². The van der Waals surface area contributed by atoms with Crippen molar-refractivity contribution in [3.8, 4) is 22.8 Å². The molecule has 4 heterocycles. The van der Waals surface area contributed by atoms with Crippen LogP contribution in [0.5, 0.6) is 11.6 Å². The van der Waals surface area contributed by atoms with Crippen LogP contribution in [0.15, 0.2) is 54.7 Å². The number of ether oxygens (including phenoxy) is 2. The maximum atomic E-state index is 12.1. The van der Waals surface area contributed by atoms with Gasteiger partial charge in [-0.05, 0) is 103 Å². The Hall–Kier alpha value is -3.22. The van der Waals surface area contributed by atoms with E-state index >= 15 is 0 Å². The summed E-state index contributed by atoms with van der Waals surface area (Å²) in [7, 11) is 1.66. The van der Waals surface area contributed by atoms with Crippen LogP contribution in [0.3, 0.4) is 0 Å². The zero-order valence-corrected chi connectivity index (χ0v) is 24.8. The summed E-state index contributed by atoms with van der Waals surface area (Å²) in [5.74, 6) is 1.99. The van der Waals surface area contributed by atoms with E-state index in [0.29, 0.717) is 23.9 Å². The second-order valence-electron chi connectivity index (χ2n) is 13.2. The standard InChI is InChI=1S/C36H42N2O4/c1-36(21-39,22-40)35(24-4-5-24)27-6-3-23-8-14-32(42-33(23)18-27)26-7-13-31(25-15-16-37-34(19-25)41-2)28(17-26)20-38-29-9-10-30(38)12-11-29/h3,6-7,13,15-19,21,24,29-30,32,35,40H,4-5,8-12,14,20,22H2,1-2H3/t29?,30?,32?,35-,36+/m0/s1. The third-order valence-electron chi connectivity index (χ3n) is 10.5. The highest BCUT2D eigenvalue weighted by Gasteiger charge is 2.45. The number of aldehydes is 1. The number of carbonyl (C=O) groups excluding carboxylic acids is 1. The van der Waals surface area contributed by atoms with Crippen molar-refractivity contribution >= 4 is 6.29 Å². The molecule has 42 heavy (non-hydrogen) atoms. The van der Waals surface area contributed by atoms with E-state index in [1.165, 1.54) is 47.9 Å². The smallest absolute Gasteiger partial charge is 0.213 e. The van der Waals surface area contributed by atoms with E-state index in [4.69, 9.17) is 9.47 Å². The molecule has 7 rings (SSSR count). The summed E-state index contributed by atoms with van der Waals surface area (Å²) in [6, 6.07) is 18.8. The first-order chi connectivity index (χ1) is 20.5. The van der Waals surface area contributed by atoms with Gasteiger partial charge in [-0.1, -0.05) is 37.3 Å². The van der Waals surface area contributed by atoms with Crippen LogP contribution in [0.2, 0.25) is 0 Å². The normalized spacial score (nSPS) is 25.4. The first-order valence-electron chi connectivity index (χ1n) is 15.8. The third-order valence-corrected chi connectivity index (χ3v) is 10.5. The minimum atomic E-state index is -0.779. The van der Waals surface area contributed by atoms with E-state index in [9.17, 15) is 9.90 Å². The van der Waals surface area contributed by atoms with E-state index in [-0.39, 0.29) is 18.6 Å². The van der Waals surface area contributed by atoms with Gasteiger partial charge in [-0.25, -0.2) is 4.98 Å². The van der Waals surface area contributed by atoms with Gasteiger partial charge in [0.25, 0.3) is 0 Å². The molecule has 0 spiro atoms. The number of aryl methyl sites for hydroxylation is 1. The number of fused-ring (bicyclic) bond motifs is 3. The summed E-state index contributed by atoms with van der Waals surface area (Å²) in [4.78, 5) is 19.2. The molecular formula is C36H42N2O4. The molecule has 2 aromatic carbocycles. The highest BCUT2D eigenvalue weighted by molar-refractivity contribution is 5.69. The van der Waals surface area contributed by atoms with Gasteiger partial charge < -0.3 is 19.4 Å². The fourth-order valence-electron chi connectivity index (χ4n) is 8.03. The van der Waals surface area contributed by atoms with Gasteiger partial charge in [0, 0.05) is 36.8 Å². The van der Waals surface area contributed by atoms with Crippen molar-refractivity contribution in [3.63, 3.8) is 0 Å². The molecular weight excluding hydrogens is 524 g/mol. The molecule has 2 bridgehead atoms. The van der Waals surface area contributed by atoms with Crippen molar-refractivity contribution in [3.05, 3.63) is 77.0 Å². The Balaban J connectivity index is 1.20. The maximum Gasteiger partial charge on any atom is 0.213 e. The lowest BCUT2D eigenvalue weighted by Crippen LogP contribution is -2.33. The molecule has 3 aliphatic heterocycles. The molecule has 0 amide bonds. The van der Waals surface area contributed by atoms with Crippen LogP contribution in [-0.4, -0.2) is 47.1 Å². The Labute approximate surface area is 249 Å². The van der Waals surface area contributed by atoms with Crippen molar-refractivity contribution in [1.82, 2.24) is 9.88 Å². The van der Waals surface area contributed by atoms with Crippen LogP contribution >= 0.6 is 0 Å². The lowest BCUT2D eigenvalue weighted by Gasteiger charge is -2.33. The van der Waals surface area contributed by atoms with E-state index in [2.05, 4.69) is 52.3 Å². The van der Waals surface area contributed by atoms with Crippen molar-refractivity contribution in [2.24, 2.45) is 11.3 Å². The van der Waals surface area contributed by atoms with Crippen LogP contribution in [0.25, 0.3) is 11.1 Å². The Kier molecular flexibility index (Phi) is 7.31. The van der Waals surface area contributed by atoms with Crippen LogP contribution < -0.4 is 9.47 Å². The minimum Gasteiger partial charge on any atom is -0.485 e. The second-order valence-corrected chi connectivity index (χ2v) is 13.2. The number of nitrogens with zero attached hydrogens (tertiary/aromatic N) is 2. The molecule has 3 atom stereocenters. The zero-order chi connectivity index (χ0) is 28.8. The van der Waals surface area contributed by atoms with Gasteiger partial charge in [0.2, 0.25) is 5.88 Å². The molecule has 6 nitrogen and oxygen atoms in total. The topological polar surface area (TPSA) is 71.9 Å². The zero-order valence-electron chi connectivity index (χ0n) is 24.8. The first-order valence-corrected chi connectivity index (χ1v) is 15.8. The summed E-state index contributed by atoms with van der Waals surface area (Å²) in [6.07, 6.45) is 12.1. The van der Waals surface area contributed by atoms with Gasteiger partial charge in [-0.3, -0.25) is 4.90 Å². The van der Waals surface area contributed by atoms with E-state index in [1.54, 1.807) is 7.11 Å². The number of benzene rings is 2. The summed E-state index contributed by atoms with van der Waals surface area (Å²) < 4.78 is 12.2. The molecule has 1 aromatic heterocycles. The van der Waals surface area contributed by atoms with E-state index < -0.39 is 5.41 Å². The van der Waals surface area contributed by atoms with Crippen molar-refractivity contribution in [2.75, 3.05) is 13.7 Å². The molecule has 0 radical (unpaired) electrons. The molecule has 6 heteroatoms. The van der Waals surface area contributed by atoms with Gasteiger partial charge in [-0.2, -0.15) is 0 Å². The molecule has 2 saturated heterocycles. The monoisotopic (exact) mass is 566 g/mol. The average molecular weight is 567 g/mol. The SMILES string of the molecule is COc1cc(-c2ccc(C3CCc4ccc([C@H](C5CC5)[C@](C)(C=O)CO)cc4O3)cc2CN2C3CCC2CC3)ccn1. The van der Waals surface area contributed by atoms with Gasteiger partial charge in [0.1, 0.15) is 18.1 Å². The number of methoxy groups -OCH3 is 1. The molecule has 1 saturated carbocycles. The predicted octanol–water partition coefficient (Wildman–Crippen LogP) is 6.64.